The molecule has 0 heterocycles. The summed E-state index contributed by atoms with van der Waals surface area (Å²) in [4.78, 5) is 0. The maximum atomic E-state index is 12.1. The van der Waals surface area contributed by atoms with Gasteiger partial charge in [-0.15, -0.1) is 0 Å². The van der Waals surface area contributed by atoms with Crippen LogP contribution in [0.5, 0.6) is 0 Å². The van der Waals surface area contributed by atoms with Gasteiger partial charge in [0.25, 0.3) is 0 Å². The normalized spacial score (nSPS) is 18.7. The van der Waals surface area contributed by atoms with Crippen molar-refractivity contribution >= 4 is 7.60 Å². The van der Waals surface area contributed by atoms with Gasteiger partial charge in [0.1, 0.15) is 0 Å². The summed E-state index contributed by atoms with van der Waals surface area (Å²) in [6.45, 7) is 4.41. The average molecular weight is 261 g/mol. The number of rotatable bonds is 7. The van der Waals surface area contributed by atoms with E-state index in [4.69, 9.17) is 9.05 Å². The van der Waals surface area contributed by atoms with Gasteiger partial charge in [0.2, 0.25) is 0 Å². The molecule has 17 heavy (non-hydrogen) atoms. The fourth-order valence-electron chi connectivity index (χ4n) is 2.02. The monoisotopic (exact) mass is 261 g/mol. The largest absolute Gasteiger partial charge is 0.388 e. The molecule has 1 fully saturated rings. The molecule has 0 spiro atoms. The number of nitrogens with one attached hydrogen (secondary N) is 1. The Morgan fingerprint density at radius 2 is 1.76 bits per heavy atom. The van der Waals surface area contributed by atoms with E-state index in [1.165, 1.54) is 37.9 Å². The summed E-state index contributed by atoms with van der Waals surface area (Å²) in [6.07, 6.45) is 8.01. The second kappa shape index (κ2) is 7.91. The summed E-state index contributed by atoms with van der Waals surface area (Å²) in [7, 11) is -3.03. The van der Waals surface area contributed by atoms with Crippen molar-refractivity contribution in [3.8, 4) is 0 Å². The van der Waals surface area contributed by atoms with Crippen LogP contribution in [-0.4, -0.2) is 19.3 Å². The van der Waals surface area contributed by atoms with Gasteiger partial charge in [0.05, 0.1) is 13.2 Å². The highest BCUT2D eigenvalue weighted by atomic mass is 31.2. The van der Waals surface area contributed by atoms with Crippen LogP contribution in [0.15, 0.2) is 12.0 Å². The van der Waals surface area contributed by atoms with Gasteiger partial charge in [0, 0.05) is 18.1 Å². The van der Waals surface area contributed by atoms with Gasteiger partial charge < -0.3 is 14.4 Å². The lowest BCUT2D eigenvalue weighted by molar-refractivity contribution is 0.228. The standard InChI is InChI=1S/C12H24NO3P/c1-3-15-17(14,16-4-2)11-10-13-12-8-6-5-7-9-12/h10-13H,3-9H2,1-2H3. The van der Waals surface area contributed by atoms with Gasteiger partial charge in [-0.3, -0.25) is 4.57 Å². The van der Waals surface area contributed by atoms with Crippen LogP contribution in [0.4, 0.5) is 0 Å². The van der Waals surface area contributed by atoms with E-state index < -0.39 is 7.60 Å². The first-order valence-corrected chi connectivity index (χ1v) is 8.14. The van der Waals surface area contributed by atoms with Crippen molar-refractivity contribution in [1.82, 2.24) is 5.32 Å². The second-order valence-electron chi connectivity index (χ2n) is 4.19. The van der Waals surface area contributed by atoms with Crippen molar-refractivity contribution in [2.24, 2.45) is 0 Å². The van der Waals surface area contributed by atoms with E-state index in [9.17, 15) is 4.57 Å². The molecule has 0 aromatic carbocycles. The van der Waals surface area contributed by atoms with Crippen LogP contribution in [0, 0.1) is 0 Å². The summed E-state index contributed by atoms with van der Waals surface area (Å²) in [5.74, 6) is 1.54. The predicted molar refractivity (Wildman–Crippen MR) is 70.0 cm³/mol. The summed E-state index contributed by atoms with van der Waals surface area (Å²) < 4.78 is 22.4. The molecule has 1 N–H and O–H groups in total. The molecule has 1 rings (SSSR count). The fourth-order valence-corrected chi connectivity index (χ4v) is 3.26. The van der Waals surface area contributed by atoms with Crippen LogP contribution in [0.1, 0.15) is 46.0 Å². The molecule has 1 aliphatic rings. The Labute approximate surface area is 104 Å². The quantitative estimate of drug-likeness (QED) is 0.711. The van der Waals surface area contributed by atoms with Crippen LogP contribution >= 0.6 is 7.60 Å². The lowest BCUT2D eigenvalue weighted by atomic mass is 9.96. The molecule has 0 unspecified atom stereocenters. The third kappa shape index (κ3) is 5.71. The molecule has 100 valence electrons. The van der Waals surface area contributed by atoms with Gasteiger partial charge in [-0.05, 0) is 26.7 Å². The summed E-state index contributed by atoms with van der Waals surface area (Å²) in [5.41, 5.74) is 0. The highest BCUT2D eigenvalue weighted by Crippen LogP contribution is 2.49. The van der Waals surface area contributed by atoms with E-state index in [2.05, 4.69) is 5.32 Å². The first-order valence-electron chi connectivity index (χ1n) is 6.52. The summed E-state index contributed by atoms with van der Waals surface area (Å²) in [6, 6.07) is 0.511. The highest BCUT2D eigenvalue weighted by Gasteiger charge is 2.19. The Morgan fingerprint density at radius 3 is 2.29 bits per heavy atom. The van der Waals surface area contributed by atoms with Gasteiger partial charge >= 0.3 is 7.60 Å². The zero-order chi connectivity index (χ0) is 12.6. The molecule has 0 saturated heterocycles. The van der Waals surface area contributed by atoms with Crippen LogP contribution in [0.25, 0.3) is 0 Å². The van der Waals surface area contributed by atoms with E-state index in [0.29, 0.717) is 19.3 Å². The molecular weight excluding hydrogens is 237 g/mol. The Hall–Kier alpha value is -0.310. The fraction of sp³-hybridized carbons (Fsp3) is 0.833. The van der Waals surface area contributed by atoms with E-state index in [0.717, 1.165) is 0 Å². The van der Waals surface area contributed by atoms with E-state index in [-0.39, 0.29) is 0 Å². The molecule has 0 aromatic heterocycles. The third-order valence-corrected chi connectivity index (χ3v) is 4.56. The minimum atomic E-state index is -3.03. The van der Waals surface area contributed by atoms with Gasteiger partial charge in [-0.25, -0.2) is 0 Å². The maximum Gasteiger partial charge on any atom is 0.355 e. The molecule has 1 saturated carbocycles. The number of hydrogen-bond acceptors (Lipinski definition) is 4. The molecule has 4 nitrogen and oxygen atoms in total. The van der Waals surface area contributed by atoms with Crippen molar-refractivity contribution in [1.29, 1.82) is 0 Å². The molecule has 0 aromatic rings. The van der Waals surface area contributed by atoms with E-state index in [1.807, 2.05) is 13.8 Å². The minimum Gasteiger partial charge on any atom is -0.388 e. The van der Waals surface area contributed by atoms with Gasteiger partial charge in [-0.2, -0.15) is 0 Å². The molecule has 0 aliphatic heterocycles. The first kappa shape index (κ1) is 14.7. The summed E-state index contributed by atoms with van der Waals surface area (Å²) >= 11 is 0. The molecule has 5 heteroatoms. The van der Waals surface area contributed by atoms with Crippen molar-refractivity contribution in [2.75, 3.05) is 13.2 Å². The Balaban J connectivity index is 2.40. The minimum absolute atomic E-state index is 0.394. The van der Waals surface area contributed by atoms with Gasteiger partial charge in [-0.1, -0.05) is 19.3 Å². The average Bonchev–Trinajstić information content (AvgIpc) is 2.31. The van der Waals surface area contributed by atoms with Crippen molar-refractivity contribution in [3.63, 3.8) is 0 Å². The van der Waals surface area contributed by atoms with E-state index >= 15 is 0 Å². The van der Waals surface area contributed by atoms with Crippen molar-refractivity contribution < 1.29 is 13.6 Å². The Morgan fingerprint density at radius 1 is 1.18 bits per heavy atom. The van der Waals surface area contributed by atoms with Crippen LogP contribution in [0.2, 0.25) is 0 Å². The van der Waals surface area contributed by atoms with Crippen LogP contribution < -0.4 is 5.32 Å². The lowest BCUT2D eigenvalue weighted by Gasteiger charge is -2.22. The zero-order valence-corrected chi connectivity index (χ0v) is 11.7. The van der Waals surface area contributed by atoms with Crippen LogP contribution in [0.3, 0.4) is 0 Å². The molecule has 0 amide bonds. The summed E-state index contributed by atoms with van der Waals surface area (Å²) in [5, 5.41) is 3.28. The predicted octanol–water partition coefficient (Wildman–Crippen LogP) is 3.65. The lowest BCUT2D eigenvalue weighted by Crippen LogP contribution is -2.26. The number of hydrogen-bond donors (Lipinski definition) is 1. The SMILES string of the molecule is CCOP(=O)(C=CNC1CCCCC1)OCC. The van der Waals surface area contributed by atoms with Gasteiger partial charge in [0.15, 0.2) is 0 Å². The Kier molecular flexibility index (Phi) is 6.86. The van der Waals surface area contributed by atoms with Crippen LogP contribution in [-0.2, 0) is 13.6 Å². The smallest absolute Gasteiger partial charge is 0.355 e. The molecule has 0 radical (unpaired) electrons. The highest BCUT2D eigenvalue weighted by molar-refractivity contribution is 7.57. The topological polar surface area (TPSA) is 47.6 Å². The van der Waals surface area contributed by atoms with E-state index in [1.54, 1.807) is 6.20 Å². The second-order valence-corrected chi connectivity index (χ2v) is 6.09. The van der Waals surface area contributed by atoms with Crippen molar-refractivity contribution in [2.45, 2.75) is 52.0 Å². The third-order valence-electron chi connectivity index (χ3n) is 2.81. The molecular formula is C12H24NO3P. The van der Waals surface area contributed by atoms with Crippen molar-refractivity contribution in [3.05, 3.63) is 12.0 Å². The zero-order valence-electron chi connectivity index (χ0n) is 10.9. The molecule has 1 aliphatic carbocycles. The first-order chi connectivity index (χ1) is 8.20. The Bertz CT molecular complexity index is 265. The molecule has 0 atom stereocenters. The molecule has 0 bridgehead atoms. The maximum absolute atomic E-state index is 12.1.